The summed E-state index contributed by atoms with van der Waals surface area (Å²) in [6, 6.07) is 8.78. The van der Waals surface area contributed by atoms with E-state index in [1.807, 2.05) is 25.1 Å². The minimum absolute atomic E-state index is 0.165. The van der Waals surface area contributed by atoms with Gasteiger partial charge >= 0.3 is 0 Å². The number of ether oxygens (including phenoxy) is 2. The Morgan fingerprint density at radius 2 is 1.85 bits per heavy atom. The number of halogens is 2. The fraction of sp³-hybridized carbons (Fsp3) is 0.214. The van der Waals surface area contributed by atoms with Crippen molar-refractivity contribution in [3.05, 3.63) is 40.4 Å². The highest BCUT2D eigenvalue weighted by Gasteiger charge is 2.12. The number of hydrogen-bond acceptors (Lipinski definition) is 4. The predicted octanol–water partition coefficient (Wildman–Crippen LogP) is 4.55. The van der Waals surface area contributed by atoms with Crippen LogP contribution in [0, 0.1) is 0 Å². The molecule has 0 spiro atoms. The summed E-state index contributed by atoms with van der Waals surface area (Å²) in [4.78, 5) is 4.03. The van der Waals surface area contributed by atoms with Crippen LogP contribution in [0.15, 0.2) is 30.3 Å². The maximum absolute atomic E-state index is 6.04. The Labute approximate surface area is 127 Å². The molecule has 0 aliphatic rings. The van der Waals surface area contributed by atoms with Gasteiger partial charge in [0.15, 0.2) is 11.5 Å². The highest BCUT2D eigenvalue weighted by Crippen LogP contribution is 2.36. The fourth-order valence-electron chi connectivity index (χ4n) is 1.50. The zero-order valence-corrected chi connectivity index (χ0v) is 12.4. The molecule has 1 aromatic carbocycles. The molecule has 20 heavy (non-hydrogen) atoms. The summed E-state index contributed by atoms with van der Waals surface area (Å²) < 4.78 is 11.3. The topological polar surface area (TPSA) is 57.4 Å². The molecule has 1 aromatic heterocycles. The normalized spacial score (nSPS) is 10.3. The van der Waals surface area contributed by atoms with Crippen molar-refractivity contribution in [2.75, 3.05) is 12.3 Å². The standard InChI is InChI=1S/C14H14Cl2N2O2/c1-2-7-19-11-5-3-4-6-12(11)20-14-10(16)8-9(15)13(17)18-14/h3-6,8H,2,7H2,1H3,(H2,17,18). The molecule has 0 saturated heterocycles. The number of nitrogens with two attached hydrogens (primary N) is 1. The number of rotatable bonds is 5. The van der Waals surface area contributed by atoms with Crippen LogP contribution >= 0.6 is 23.2 Å². The third kappa shape index (κ3) is 3.46. The van der Waals surface area contributed by atoms with Crippen molar-refractivity contribution < 1.29 is 9.47 Å². The van der Waals surface area contributed by atoms with Gasteiger partial charge in [-0.1, -0.05) is 42.3 Å². The van der Waals surface area contributed by atoms with E-state index in [9.17, 15) is 0 Å². The van der Waals surface area contributed by atoms with Gasteiger partial charge in [0.2, 0.25) is 5.88 Å². The number of nitrogens with zero attached hydrogens (tertiary/aromatic N) is 1. The minimum Gasteiger partial charge on any atom is -0.490 e. The van der Waals surface area contributed by atoms with E-state index in [1.165, 1.54) is 6.07 Å². The molecule has 0 fully saturated rings. The first-order chi connectivity index (χ1) is 9.61. The lowest BCUT2D eigenvalue weighted by molar-refractivity contribution is 0.301. The van der Waals surface area contributed by atoms with E-state index in [0.717, 1.165) is 6.42 Å². The zero-order chi connectivity index (χ0) is 14.5. The Hall–Kier alpha value is -1.65. The zero-order valence-electron chi connectivity index (χ0n) is 10.9. The van der Waals surface area contributed by atoms with Crippen LogP contribution in [0.25, 0.3) is 0 Å². The molecule has 0 bridgehead atoms. The van der Waals surface area contributed by atoms with Crippen LogP contribution in [-0.2, 0) is 0 Å². The average Bonchev–Trinajstić information content (AvgIpc) is 2.44. The van der Waals surface area contributed by atoms with E-state index in [0.29, 0.717) is 18.1 Å². The van der Waals surface area contributed by atoms with E-state index in [-0.39, 0.29) is 21.7 Å². The lowest BCUT2D eigenvalue weighted by atomic mass is 10.3. The maximum Gasteiger partial charge on any atom is 0.240 e. The van der Waals surface area contributed by atoms with Crippen LogP contribution in [0.2, 0.25) is 10.0 Å². The van der Waals surface area contributed by atoms with Crippen molar-refractivity contribution in [1.29, 1.82) is 0 Å². The first kappa shape index (κ1) is 14.8. The Morgan fingerprint density at radius 3 is 2.55 bits per heavy atom. The van der Waals surface area contributed by atoms with Gasteiger partial charge in [0.1, 0.15) is 10.8 Å². The highest BCUT2D eigenvalue weighted by molar-refractivity contribution is 6.36. The monoisotopic (exact) mass is 312 g/mol. The van der Waals surface area contributed by atoms with Crippen LogP contribution in [0.3, 0.4) is 0 Å². The summed E-state index contributed by atoms with van der Waals surface area (Å²) in [5.74, 6) is 1.51. The van der Waals surface area contributed by atoms with Gasteiger partial charge in [-0.2, -0.15) is 4.98 Å². The molecule has 1 heterocycles. The summed E-state index contributed by atoms with van der Waals surface area (Å²) >= 11 is 11.9. The molecule has 0 atom stereocenters. The largest absolute Gasteiger partial charge is 0.490 e. The smallest absolute Gasteiger partial charge is 0.240 e. The fourth-order valence-corrected chi connectivity index (χ4v) is 1.90. The number of anilines is 1. The third-order valence-electron chi connectivity index (χ3n) is 2.44. The van der Waals surface area contributed by atoms with E-state index in [4.69, 9.17) is 38.4 Å². The van der Waals surface area contributed by atoms with Gasteiger partial charge in [-0.3, -0.25) is 0 Å². The summed E-state index contributed by atoms with van der Waals surface area (Å²) in [6.45, 7) is 2.63. The lowest BCUT2D eigenvalue weighted by Gasteiger charge is -2.12. The van der Waals surface area contributed by atoms with Crippen LogP contribution in [0.4, 0.5) is 5.82 Å². The Bertz CT molecular complexity index is 606. The van der Waals surface area contributed by atoms with Gasteiger partial charge in [-0.15, -0.1) is 0 Å². The predicted molar refractivity (Wildman–Crippen MR) is 81.0 cm³/mol. The van der Waals surface area contributed by atoms with Crippen LogP contribution in [0.5, 0.6) is 17.4 Å². The molecule has 4 nitrogen and oxygen atoms in total. The summed E-state index contributed by atoms with van der Waals surface area (Å²) in [6.07, 6.45) is 0.904. The Balaban J connectivity index is 2.28. The van der Waals surface area contributed by atoms with E-state index in [2.05, 4.69) is 4.98 Å². The van der Waals surface area contributed by atoms with E-state index >= 15 is 0 Å². The van der Waals surface area contributed by atoms with E-state index in [1.54, 1.807) is 6.07 Å². The number of pyridine rings is 1. The number of hydrogen-bond donors (Lipinski definition) is 1. The number of nitrogen functional groups attached to an aromatic ring is 1. The Morgan fingerprint density at radius 1 is 1.15 bits per heavy atom. The number of benzene rings is 1. The Kier molecular flexibility index (Phi) is 4.93. The number of para-hydroxylation sites is 2. The molecule has 2 N–H and O–H groups in total. The SMILES string of the molecule is CCCOc1ccccc1Oc1nc(N)c(Cl)cc1Cl. The molecular formula is C14H14Cl2N2O2. The van der Waals surface area contributed by atoms with Crippen LogP contribution in [0.1, 0.15) is 13.3 Å². The van der Waals surface area contributed by atoms with Crippen molar-refractivity contribution >= 4 is 29.0 Å². The van der Waals surface area contributed by atoms with Crippen molar-refractivity contribution in [2.45, 2.75) is 13.3 Å². The second-order valence-electron chi connectivity index (χ2n) is 4.04. The molecule has 106 valence electrons. The van der Waals surface area contributed by atoms with Gasteiger partial charge in [0, 0.05) is 0 Å². The first-order valence-corrected chi connectivity index (χ1v) is 6.88. The van der Waals surface area contributed by atoms with Crippen molar-refractivity contribution in [1.82, 2.24) is 4.98 Å². The molecular weight excluding hydrogens is 299 g/mol. The van der Waals surface area contributed by atoms with Crippen molar-refractivity contribution in [3.63, 3.8) is 0 Å². The maximum atomic E-state index is 6.04. The molecule has 0 aliphatic heterocycles. The molecule has 6 heteroatoms. The first-order valence-electron chi connectivity index (χ1n) is 6.13. The van der Waals surface area contributed by atoms with Gasteiger partial charge < -0.3 is 15.2 Å². The van der Waals surface area contributed by atoms with Crippen molar-refractivity contribution in [2.24, 2.45) is 0 Å². The van der Waals surface area contributed by atoms with E-state index < -0.39 is 0 Å². The molecule has 2 rings (SSSR count). The molecule has 0 saturated carbocycles. The van der Waals surface area contributed by atoms with Gasteiger partial charge in [0.05, 0.1) is 11.6 Å². The summed E-state index contributed by atoms with van der Waals surface area (Å²) in [5, 5.41) is 0.576. The molecule has 0 unspecified atom stereocenters. The molecule has 0 aliphatic carbocycles. The molecule has 0 amide bonds. The van der Waals surface area contributed by atoms with Gasteiger partial charge in [0.25, 0.3) is 0 Å². The average molecular weight is 313 g/mol. The molecule has 0 radical (unpaired) electrons. The highest BCUT2D eigenvalue weighted by atomic mass is 35.5. The van der Waals surface area contributed by atoms with Crippen molar-refractivity contribution in [3.8, 4) is 17.4 Å². The molecule has 2 aromatic rings. The second-order valence-corrected chi connectivity index (χ2v) is 4.85. The second kappa shape index (κ2) is 6.68. The lowest BCUT2D eigenvalue weighted by Crippen LogP contribution is -1.99. The number of aromatic nitrogens is 1. The van der Waals surface area contributed by atoms with Gasteiger partial charge in [-0.25, -0.2) is 0 Å². The minimum atomic E-state index is 0.165. The van der Waals surface area contributed by atoms with Gasteiger partial charge in [-0.05, 0) is 24.6 Å². The third-order valence-corrected chi connectivity index (χ3v) is 3.02. The quantitative estimate of drug-likeness (QED) is 0.879. The summed E-state index contributed by atoms with van der Waals surface area (Å²) in [5.41, 5.74) is 5.65. The van der Waals surface area contributed by atoms with Crippen LogP contribution in [-0.4, -0.2) is 11.6 Å². The van der Waals surface area contributed by atoms with Crippen LogP contribution < -0.4 is 15.2 Å². The summed E-state index contributed by atoms with van der Waals surface area (Å²) in [7, 11) is 0.